The van der Waals surface area contributed by atoms with Gasteiger partial charge in [0.05, 0.1) is 48.7 Å². The van der Waals surface area contributed by atoms with Crippen LogP contribution in [-0.4, -0.2) is 74.1 Å². The van der Waals surface area contributed by atoms with E-state index in [0.29, 0.717) is 0 Å². The van der Waals surface area contributed by atoms with Gasteiger partial charge >= 0.3 is 5.97 Å². The summed E-state index contributed by atoms with van der Waals surface area (Å²) in [6, 6.07) is 1.06. The van der Waals surface area contributed by atoms with Crippen molar-refractivity contribution in [3.05, 3.63) is 45.0 Å². The van der Waals surface area contributed by atoms with Crippen LogP contribution in [0.25, 0.3) is 0 Å². The van der Waals surface area contributed by atoms with Crippen LogP contribution in [0.1, 0.15) is 72.3 Å². The van der Waals surface area contributed by atoms with E-state index in [1.54, 1.807) is 0 Å². The Morgan fingerprint density at radius 2 is 1.71 bits per heavy atom. The average molecular weight is 474 g/mol. The lowest BCUT2D eigenvalue weighted by Crippen LogP contribution is -2.34. The van der Waals surface area contributed by atoms with Gasteiger partial charge in [-0.15, -0.1) is 0 Å². The molecule has 0 amide bonds. The minimum absolute atomic E-state index is 0.0796. The second kappa shape index (κ2) is 8.28. The molecule has 4 rings (SSSR count). The van der Waals surface area contributed by atoms with Crippen molar-refractivity contribution in [1.82, 2.24) is 0 Å². The van der Waals surface area contributed by atoms with Gasteiger partial charge in [-0.05, 0) is 18.6 Å². The first-order chi connectivity index (χ1) is 16.0. The summed E-state index contributed by atoms with van der Waals surface area (Å²) in [4.78, 5) is 38.5. The molecular weight excluding hydrogens is 452 g/mol. The summed E-state index contributed by atoms with van der Waals surface area (Å²) in [5.41, 5.74) is -2.69. The van der Waals surface area contributed by atoms with E-state index in [0.717, 1.165) is 6.07 Å². The first-order valence-corrected chi connectivity index (χ1v) is 10.3. The van der Waals surface area contributed by atoms with Gasteiger partial charge in [0.2, 0.25) is 0 Å². The van der Waals surface area contributed by atoms with Crippen LogP contribution >= 0.6 is 0 Å². The Morgan fingerprint density at radius 3 is 2.29 bits per heavy atom. The fraction of sp³-hybridized carbons (Fsp3) is 0.348. The highest BCUT2D eigenvalue weighted by Crippen LogP contribution is 2.52. The Bertz CT molecular complexity index is 1250. The maximum absolute atomic E-state index is 13.5. The second-order valence-corrected chi connectivity index (χ2v) is 8.23. The first kappa shape index (κ1) is 23.5. The van der Waals surface area contributed by atoms with Crippen LogP contribution in [-0.2, 0) is 4.74 Å². The van der Waals surface area contributed by atoms with Gasteiger partial charge in [-0.25, -0.2) is 4.79 Å². The standard InChI is InChI=1S/C23H22O11/c1-7-13-10(5-11(33-2)14(7)23(31)32)18(26)16-17(19(13)27)20(28)15(21(29)22(16)30)12-4-8(25)3-9(6-24)34-12/h5,8-9,12,24-25,28-30H,3-4,6H2,1-2H3,(H,31,32)/t8-,9-,12?/m0/s1. The van der Waals surface area contributed by atoms with E-state index in [4.69, 9.17) is 9.47 Å². The van der Waals surface area contributed by atoms with Gasteiger partial charge in [0.1, 0.15) is 17.1 Å². The van der Waals surface area contributed by atoms with Crippen LogP contribution in [0.2, 0.25) is 0 Å². The molecule has 3 atom stereocenters. The molecule has 0 radical (unpaired) electrons. The van der Waals surface area contributed by atoms with Crippen molar-refractivity contribution in [2.75, 3.05) is 13.7 Å². The first-order valence-electron chi connectivity index (χ1n) is 10.3. The number of aromatic carboxylic acids is 1. The monoisotopic (exact) mass is 474 g/mol. The lowest BCUT2D eigenvalue weighted by atomic mass is 9.78. The number of rotatable bonds is 4. The highest BCUT2D eigenvalue weighted by molar-refractivity contribution is 6.31. The SMILES string of the molecule is COc1cc2c(c(C)c1C(=O)O)C(=O)c1c(O)c(C3C[C@@H](O)C[C@@H](CO)O3)c(O)c(O)c1C2=O. The zero-order valence-electron chi connectivity index (χ0n) is 18.2. The van der Waals surface area contributed by atoms with Gasteiger partial charge in [0.25, 0.3) is 0 Å². The Kier molecular flexibility index (Phi) is 5.72. The Balaban J connectivity index is 1.98. The average Bonchev–Trinajstić information content (AvgIpc) is 2.78. The molecule has 0 saturated carbocycles. The molecule has 0 spiro atoms. The quantitative estimate of drug-likeness (QED) is 0.235. The molecule has 1 aliphatic carbocycles. The van der Waals surface area contributed by atoms with E-state index in [9.17, 15) is 45.0 Å². The number of aromatic hydroxyl groups is 3. The van der Waals surface area contributed by atoms with Gasteiger partial charge in [-0.2, -0.15) is 0 Å². The van der Waals surface area contributed by atoms with Crippen LogP contribution in [0, 0.1) is 6.92 Å². The van der Waals surface area contributed by atoms with Crippen molar-refractivity contribution in [3.63, 3.8) is 0 Å². The highest BCUT2D eigenvalue weighted by atomic mass is 16.5. The minimum Gasteiger partial charge on any atom is -0.507 e. The number of ketones is 2. The number of hydrogen-bond acceptors (Lipinski definition) is 10. The summed E-state index contributed by atoms with van der Waals surface area (Å²) >= 11 is 0. The summed E-state index contributed by atoms with van der Waals surface area (Å²) in [7, 11) is 1.19. The number of methoxy groups -OCH3 is 1. The van der Waals surface area contributed by atoms with Crippen molar-refractivity contribution in [2.24, 2.45) is 0 Å². The molecular formula is C23H22O11. The number of carboxylic acids is 1. The summed E-state index contributed by atoms with van der Waals surface area (Å²) < 4.78 is 10.7. The molecule has 0 aromatic heterocycles. The van der Waals surface area contributed by atoms with Gasteiger partial charge in [-0.1, -0.05) is 0 Å². The molecule has 1 unspecified atom stereocenters. The van der Waals surface area contributed by atoms with Crippen LogP contribution in [0.4, 0.5) is 0 Å². The smallest absolute Gasteiger partial charge is 0.339 e. The summed E-state index contributed by atoms with van der Waals surface area (Å²) in [5, 5.41) is 61.5. The van der Waals surface area contributed by atoms with E-state index in [2.05, 4.69) is 0 Å². The van der Waals surface area contributed by atoms with Crippen molar-refractivity contribution in [3.8, 4) is 23.0 Å². The topological polar surface area (TPSA) is 191 Å². The zero-order chi connectivity index (χ0) is 25.1. The van der Waals surface area contributed by atoms with E-state index >= 15 is 0 Å². The van der Waals surface area contributed by atoms with E-state index < -0.39 is 76.4 Å². The molecule has 1 fully saturated rings. The van der Waals surface area contributed by atoms with Crippen molar-refractivity contribution >= 4 is 17.5 Å². The summed E-state index contributed by atoms with van der Waals surface area (Å²) in [6.07, 6.45) is -3.06. The number of carbonyl (C=O) groups is 3. The third-order valence-corrected chi connectivity index (χ3v) is 6.26. The maximum atomic E-state index is 13.5. The predicted molar refractivity (Wildman–Crippen MR) is 113 cm³/mol. The normalized spacial score (nSPS) is 21.7. The van der Waals surface area contributed by atoms with Gasteiger partial charge < -0.3 is 40.1 Å². The molecule has 0 bridgehead atoms. The molecule has 11 heteroatoms. The number of benzene rings is 2. The van der Waals surface area contributed by atoms with Gasteiger partial charge in [0, 0.05) is 24.0 Å². The van der Waals surface area contributed by atoms with E-state index in [-0.39, 0.29) is 40.8 Å². The van der Waals surface area contributed by atoms with Crippen molar-refractivity contribution in [1.29, 1.82) is 0 Å². The maximum Gasteiger partial charge on any atom is 0.339 e. The number of ether oxygens (including phenoxy) is 2. The minimum atomic E-state index is -1.40. The number of hydrogen-bond donors (Lipinski definition) is 6. The largest absolute Gasteiger partial charge is 0.507 e. The molecule has 1 saturated heterocycles. The number of carboxylic acid groups (broad SMARTS) is 1. The number of carbonyl (C=O) groups excluding carboxylic acids is 2. The van der Waals surface area contributed by atoms with Crippen molar-refractivity contribution in [2.45, 2.75) is 38.1 Å². The van der Waals surface area contributed by atoms with Crippen LogP contribution in [0.3, 0.4) is 0 Å². The molecule has 34 heavy (non-hydrogen) atoms. The lowest BCUT2D eigenvalue weighted by molar-refractivity contribution is -0.114. The molecule has 6 N–H and O–H groups in total. The third-order valence-electron chi connectivity index (χ3n) is 6.26. The fourth-order valence-electron chi connectivity index (χ4n) is 4.72. The van der Waals surface area contributed by atoms with Crippen LogP contribution in [0.5, 0.6) is 23.0 Å². The number of fused-ring (bicyclic) bond motifs is 2. The van der Waals surface area contributed by atoms with Crippen molar-refractivity contribution < 1.29 is 54.5 Å². The number of phenolic OH excluding ortho intramolecular Hbond substituents is 3. The zero-order valence-corrected chi connectivity index (χ0v) is 18.2. The summed E-state index contributed by atoms with van der Waals surface area (Å²) in [5.74, 6) is -6.21. The lowest BCUT2D eigenvalue weighted by Gasteiger charge is -2.34. The van der Waals surface area contributed by atoms with Gasteiger partial charge in [0.15, 0.2) is 23.1 Å². The Hall–Kier alpha value is -3.67. The Labute approximate surface area is 192 Å². The van der Waals surface area contributed by atoms with Crippen LogP contribution < -0.4 is 4.74 Å². The molecule has 1 aliphatic heterocycles. The van der Waals surface area contributed by atoms with E-state index in [1.165, 1.54) is 14.0 Å². The number of aliphatic hydroxyl groups is 2. The second-order valence-electron chi connectivity index (χ2n) is 8.23. The number of aliphatic hydroxyl groups excluding tert-OH is 2. The predicted octanol–water partition coefficient (Wildman–Crippen LogP) is 1.17. The molecule has 2 aliphatic rings. The Morgan fingerprint density at radius 1 is 1.06 bits per heavy atom. The fourth-order valence-corrected chi connectivity index (χ4v) is 4.72. The molecule has 1 heterocycles. The molecule has 2 aromatic carbocycles. The molecule has 2 aromatic rings. The molecule has 11 nitrogen and oxygen atoms in total. The third kappa shape index (κ3) is 3.28. The molecule has 180 valence electrons. The van der Waals surface area contributed by atoms with Crippen LogP contribution in [0.15, 0.2) is 6.07 Å². The summed E-state index contributed by atoms with van der Waals surface area (Å²) in [6.45, 7) is 0.849. The number of phenols is 3. The highest BCUT2D eigenvalue weighted by Gasteiger charge is 2.43. The van der Waals surface area contributed by atoms with E-state index in [1.807, 2.05) is 0 Å². The van der Waals surface area contributed by atoms with Gasteiger partial charge in [-0.3, -0.25) is 9.59 Å².